The summed E-state index contributed by atoms with van der Waals surface area (Å²) < 4.78 is 23.1. The predicted octanol–water partition coefficient (Wildman–Crippen LogP) is 3.23. The number of amides is 1. The van der Waals surface area contributed by atoms with Crippen LogP contribution < -0.4 is 10.1 Å². The quantitative estimate of drug-likeness (QED) is 0.747. The Bertz CT molecular complexity index is 771. The van der Waals surface area contributed by atoms with Crippen LogP contribution in [0.25, 0.3) is 0 Å². The highest BCUT2D eigenvalue weighted by Crippen LogP contribution is 2.18. The molecule has 0 unspecified atom stereocenters. The van der Waals surface area contributed by atoms with Gasteiger partial charge < -0.3 is 14.8 Å². The number of hydrogen-bond acceptors (Lipinski definition) is 6. The second-order valence-electron chi connectivity index (χ2n) is 7.04. The standard InChI is InChI=1S/C19H22FN3O4/c1-19(2,3)8-9-26-16(24)12-27-18-21-10-13(11-22-18)17(25)23-15-6-4-14(20)5-7-15/h4-7,10-11H,8-9,12H2,1-3H3,(H,23,25). The molecule has 0 saturated carbocycles. The van der Waals surface area contributed by atoms with E-state index in [4.69, 9.17) is 9.47 Å². The van der Waals surface area contributed by atoms with Gasteiger partial charge in [-0.15, -0.1) is 0 Å². The van der Waals surface area contributed by atoms with Crippen molar-refractivity contribution in [1.82, 2.24) is 9.97 Å². The van der Waals surface area contributed by atoms with Gasteiger partial charge in [-0.2, -0.15) is 0 Å². The summed E-state index contributed by atoms with van der Waals surface area (Å²) in [5.74, 6) is -1.36. The Morgan fingerprint density at radius 2 is 1.74 bits per heavy atom. The van der Waals surface area contributed by atoms with Gasteiger partial charge in [0, 0.05) is 18.1 Å². The minimum Gasteiger partial charge on any atom is -0.463 e. The molecule has 144 valence electrons. The number of anilines is 1. The molecule has 2 rings (SSSR count). The van der Waals surface area contributed by atoms with Gasteiger partial charge in [-0.25, -0.2) is 19.2 Å². The molecule has 7 nitrogen and oxygen atoms in total. The van der Waals surface area contributed by atoms with Crippen molar-refractivity contribution in [2.24, 2.45) is 5.41 Å². The van der Waals surface area contributed by atoms with Crippen molar-refractivity contribution in [2.45, 2.75) is 27.2 Å². The van der Waals surface area contributed by atoms with E-state index in [0.29, 0.717) is 12.3 Å². The Labute approximate surface area is 156 Å². The fourth-order valence-corrected chi connectivity index (χ4v) is 1.88. The first kappa shape index (κ1) is 20.3. The van der Waals surface area contributed by atoms with E-state index in [-0.39, 0.29) is 23.6 Å². The lowest BCUT2D eigenvalue weighted by atomic mass is 9.93. The maximum atomic E-state index is 12.9. The minimum absolute atomic E-state index is 0.0406. The van der Waals surface area contributed by atoms with Crippen molar-refractivity contribution in [3.05, 3.63) is 48.0 Å². The Kier molecular flexibility index (Phi) is 6.81. The molecule has 0 aliphatic rings. The number of aromatic nitrogens is 2. The molecule has 0 radical (unpaired) electrons. The summed E-state index contributed by atoms with van der Waals surface area (Å²) in [5, 5.41) is 2.59. The lowest BCUT2D eigenvalue weighted by Crippen LogP contribution is -2.19. The number of rotatable bonds is 7. The summed E-state index contributed by atoms with van der Waals surface area (Å²) >= 11 is 0. The molecule has 27 heavy (non-hydrogen) atoms. The maximum Gasteiger partial charge on any atom is 0.344 e. The third kappa shape index (κ3) is 7.39. The van der Waals surface area contributed by atoms with E-state index in [1.54, 1.807) is 0 Å². The van der Waals surface area contributed by atoms with Gasteiger partial charge in [-0.3, -0.25) is 4.79 Å². The van der Waals surface area contributed by atoms with E-state index in [2.05, 4.69) is 36.1 Å². The monoisotopic (exact) mass is 375 g/mol. The molecule has 0 aliphatic carbocycles. The number of halogens is 1. The fraction of sp³-hybridized carbons (Fsp3) is 0.368. The Balaban J connectivity index is 1.79. The number of benzene rings is 1. The number of ether oxygens (including phenoxy) is 2. The molecule has 2 aromatic rings. The van der Waals surface area contributed by atoms with Crippen LogP contribution in [-0.4, -0.2) is 35.1 Å². The van der Waals surface area contributed by atoms with Gasteiger partial charge in [0.15, 0.2) is 6.61 Å². The topological polar surface area (TPSA) is 90.4 Å². The van der Waals surface area contributed by atoms with Crippen LogP contribution in [0.5, 0.6) is 6.01 Å². The first-order valence-corrected chi connectivity index (χ1v) is 8.40. The molecule has 0 bridgehead atoms. The van der Waals surface area contributed by atoms with E-state index < -0.39 is 17.7 Å². The zero-order chi connectivity index (χ0) is 19.9. The van der Waals surface area contributed by atoms with Crippen molar-refractivity contribution in [3.63, 3.8) is 0 Å². The number of carbonyl (C=O) groups is 2. The Morgan fingerprint density at radius 1 is 1.11 bits per heavy atom. The van der Waals surface area contributed by atoms with Crippen LogP contribution in [0.15, 0.2) is 36.7 Å². The number of carbonyl (C=O) groups excluding carboxylic acids is 2. The highest BCUT2D eigenvalue weighted by Gasteiger charge is 2.13. The lowest BCUT2D eigenvalue weighted by molar-refractivity contribution is -0.146. The van der Waals surface area contributed by atoms with Gasteiger partial charge in [0.05, 0.1) is 12.2 Å². The molecule has 1 N–H and O–H groups in total. The highest BCUT2D eigenvalue weighted by molar-refractivity contribution is 6.03. The first-order chi connectivity index (χ1) is 12.7. The summed E-state index contributed by atoms with van der Waals surface area (Å²) in [6.07, 6.45) is 3.28. The average molecular weight is 375 g/mol. The van der Waals surface area contributed by atoms with E-state index in [1.807, 2.05) is 0 Å². The second kappa shape index (κ2) is 9.07. The fourth-order valence-electron chi connectivity index (χ4n) is 1.88. The van der Waals surface area contributed by atoms with Crippen LogP contribution in [-0.2, 0) is 9.53 Å². The van der Waals surface area contributed by atoms with E-state index in [1.165, 1.54) is 36.7 Å². The third-order valence-electron chi connectivity index (χ3n) is 3.43. The van der Waals surface area contributed by atoms with Gasteiger partial charge >= 0.3 is 12.0 Å². The largest absolute Gasteiger partial charge is 0.463 e. The minimum atomic E-state index is -0.513. The molecule has 0 atom stereocenters. The van der Waals surface area contributed by atoms with Crippen molar-refractivity contribution >= 4 is 17.6 Å². The third-order valence-corrected chi connectivity index (χ3v) is 3.43. The molecule has 1 heterocycles. The van der Waals surface area contributed by atoms with Gasteiger partial charge in [0.2, 0.25) is 0 Å². The first-order valence-electron chi connectivity index (χ1n) is 8.40. The average Bonchev–Trinajstić information content (AvgIpc) is 2.61. The Hall–Kier alpha value is -3.03. The van der Waals surface area contributed by atoms with Crippen molar-refractivity contribution in [3.8, 4) is 6.01 Å². The number of hydrogen-bond donors (Lipinski definition) is 1. The molecule has 0 fully saturated rings. The van der Waals surface area contributed by atoms with Crippen LogP contribution in [0.2, 0.25) is 0 Å². The summed E-state index contributed by atoms with van der Waals surface area (Å²) in [6, 6.07) is 5.32. The molecular weight excluding hydrogens is 353 g/mol. The molecule has 0 aliphatic heterocycles. The second-order valence-corrected chi connectivity index (χ2v) is 7.04. The van der Waals surface area contributed by atoms with Crippen molar-refractivity contribution < 1.29 is 23.5 Å². The van der Waals surface area contributed by atoms with Crippen LogP contribution >= 0.6 is 0 Å². The summed E-state index contributed by atoms with van der Waals surface area (Å²) in [5.41, 5.74) is 0.716. The number of nitrogens with one attached hydrogen (secondary N) is 1. The number of nitrogens with zero attached hydrogens (tertiary/aromatic N) is 2. The van der Waals surface area contributed by atoms with Crippen molar-refractivity contribution in [1.29, 1.82) is 0 Å². The molecule has 1 aromatic heterocycles. The molecule has 1 amide bonds. The van der Waals surface area contributed by atoms with Gasteiger partial charge in [-0.1, -0.05) is 20.8 Å². The smallest absolute Gasteiger partial charge is 0.344 e. The van der Waals surface area contributed by atoms with Gasteiger partial charge in [0.25, 0.3) is 5.91 Å². The number of esters is 1. The summed E-state index contributed by atoms with van der Waals surface area (Å²) in [4.78, 5) is 31.5. The Morgan fingerprint density at radius 3 is 2.33 bits per heavy atom. The van der Waals surface area contributed by atoms with Gasteiger partial charge in [-0.05, 0) is 36.1 Å². The SMILES string of the molecule is CC(C)(C)CCOC(=O)COc1ncc(C(=O)Nc2ccc(F)cc2)cn1. The molecule has 0 saturated heterocycles. The van der Waals surface area contributed by atoms with E-state index in [9.17, 15) is 14.0 Å². The zero-order valence-corrected chi connectivity index (χ0v) is 15.5. The highest BCUT2D eigenvalue weighted by atomic mass is 19.1. The molecule has 8 heteroatoms. The van der Waals surface area contributed by atoms with Crippen LogP contribution in [0.1, 0.15) is 37.6 Å². The predicted molar refractivity (Wildman–Crippen MR) is 96.9 cm³/mol. The maximum absolute atomic E-state index is 12.9. The lowest BCUT2D eigenvalue weighted by Gasteiger charge is -2.17. The summed E-state index contributed by atoms with van der Waals surface area (Å²) in [7, 11) is 0. The summed E-state index contributed by atoms with van der Waals surface area (Å²) in [6.45, 7) is 6.16. The zero-order valence-electron chi connectivity index (χ0n) is 15.5. The molecule has 0 spiro atoms. The normalized spacial score (nSPS) is 11.0. The molecule has 1 aromatic carbocycles. The molecular formula is C19H22FN3O4. The van der Waals surface area contributed by atoms with E-state index in [0.717, 1.165) is 6.42 Å². The van der Waals surface area contributed by atoms with Crippen LogP contribution in [0.3, 0.4) is 0 Å². The van der Waals surface area contributed by atoms with Crippen LogP contribution in [0, 0.1) is 11.2 Å². The van der Waals surface area contributed by atoms with Gasteiger partial charge in [0.1, 0.15) is 5.82 Å². The van der Waals surface area contributed by atoms with Crippen molar-refractivity contribution in [2.75, 3.05) is 18.5 Å². The van der Waals surface area contributed by atoms with Crippen LogP contribution in [0.4, 0.5) is 10.1 Å². The van der Waals surface area contributed by atoms with E-state index >= 15 is 0 Å².